The van der Waals surface area contributed by atoms with Crippen molar-refractivity contribution < 1.29 is 14.3 Å². The summed E-state index contributed by atoms with van der Waals surface area (Å²) in [5, 5.41) is 7.72. The maximum absolute atomic E-state index is 12.9. The average molecular weight is 379 g/mol. The molecular weight excluding hydrogens is 354 g/mol. The highest BCUT2D eigenvalue weighted by atomic mass is 16.5. The second kappa shape index (κ2) is 8.61. The Bertz CT molecular complexity index is 951. The van der Waals surface area contributed by atoms with E-state index >= 15 is 0 Å². The van der Waals surface area contributed by atoms with Gasteiger partial charge in [0.1, 0.15) is 5.69 Å². The maximum atomic E-state index is 12.9. The molecule has 146 valence electrons. The first kappa shape index (κ1) is 19.5. The molecule has 0 bridgehead atoms. The van der Waals surface area contributed by atoms with E-state index in [0.717, 1.165) is 17.7 Å². The first-order valence-electron chi connectivity index (χ1n) is 9.25. The van der Waals surface area contributed by atoms with Gasteiger partial charge < -0.3 is 14.8 Å². The molecule has 0 spiro atoms. The summed E-state index contributed by atoms with van der Waals surface area (Å²) < 4.78 is 12.4. The molecule has 1 N–H and O–H groups in total. The molecule has 1 unspecified atom stereocenters. The fourth-order valence-corrected chi connectivity index (χ4v) is 2.85. The number of ether oxygens (including phenoxy) is 2. The normalized spacial score (nSPS) is 11.7. The molecule has 0 aliphatic carbocycles. The number of aromatic nitrogens is 2. The smallest absolute Gasteiger partial charge is 0.255 e. The molecule has 0 saturated heterocycles. The molecule has 0 radical (unpaired) electrons. The molecule has 3 rings (SSSR count). The average Bonchev–Trinajstić information content (AvgIpc) is 3.19. The van der Waals surface area contributed by atoms with Crippen LogP contribution in [0.25, 0.3) is 16.9 Å². The molecule has 1 heterocycles. The zero-order chi connectivity index (χ0) is 20.1. The van der Waals surface area contributed by atoms with Crippen molar-refractivity contribution in [3.8, 4) is 28.4 Å². The standard InChI is InChI=1S/C22H25N3O3/c1-5-15(2)23-22(26)18-14-25(17-9-7-6-8-10-17)24-21(18)16-11-12-19(27-3)20(13-16)28-4/h6-15H,5H2,1-4H3,(H,23,26). The van der Waals surface area contributed by atoms with Crippen molar-refractivity contribution in [2.75, 3.05) is 14.2 Å². The van der Waals surface area contributed by atoms with Crippen LogP contribution in [0, 0.1) is 0 Å². The summed E-state index contributed by atoms with van der Waals surface area (Å²) in [6, 6.07) is 15.3. The van der Waals surface area contributed by atoms with E-state index in [1.54, 1.807) is 25.1 Å². The Labute approximate surface area is 165 Å². The fourth-order valence-electron chi connectivity index (χ4n) is 2.85. The van der Waals surface area contributed by atoms with Gasteiger partial charge in [-0.05, 0) is 43.7 Å². The summed E-state index contributed by atoms with van der Waals surface area (Å²) >= 11 is 0. The zero-order valence-corrected chi connectivity index (χ0v) is 16.6. The SMILES string of the molecule is CCC(C)NC(=O)c1cn(-c2ccccc2)nc1-c1ccc(OC)c(OC)c1. The van der Waals surface area contributed by atoms with Crippen molar-refractivity contribution in [1.82, 2.24) is 15.1 Å². The van der Waals surface area contributed by atoms with Crippen molar-refractivity contribution in [3.63, 3.8) is 0 Å². The predicted molar refractivity (Wildman–Crippen MR) is 109 cm³/mol. The van der Waals surface area contributed by atoms with Gasteiger partial charge in [0.05, 0.1) is 25.5 Å². The van der Waals surface area contributed by atoms with Crippen molar-refractivity contribution in [2.24, 2.45) is 0 Å². The largest absolute Gasteiger partial charge is 0.493 e. The van der Waals surface area contributed by atoms with Crippen molar-refractivity contribution in [1.29, 1.82) is 0 Å². The highest BCUT2D eigenvalue weighted by molar-refractivity contribution is 6.00. The van der Waals surface area contributed by atoms with E-state index in [1.165, 1.54) is 0 Å². The maximum Gasteiger partial charge on any atom is 0.255 e. The van der Waals surface area contributed by atoms with E-state index < -0.39 is 0 Å². The van der Waals surface area contributed by atoms with Crippen LogP contribution in [-0.2, 0) is 0 Å². The molecule has 0 aliphatic rings. The lowest BCUT2D eigenvalue weighted by Crippen LogP contribution is -2.32. The van der Waals surface area contributed by atoms with E-state index in [1.807, 2.05) is 62.4 Å². The number of carbonyl (C=O) groups excluding carboxylic acids is 1. The van der Waals surface area contributed by atoms with Crippen LogP contribution in [0.1, 0.15) is 30.6 Å². The number of rotatable bonds is 7. The van der Waals surface area contributed by atoms with Crippen LogP contribution < -0.4 is 14.8 Å². The second-order valence-corrected chi connectivity index (χ2v) is 6.52. The van der Waals surface area contributed by atoms with Crippen LogP contribution in [0.5, 0.6) is 11.5 Å². The lowest BCUT2D eigenvalue weighted by Gasteiger charge is -2.12. The van der Waals surface area contributed by atoms with Crippen LogP contribution in [0.2, 0.25) is 0 Å². The highest BCUT2D eigenvalue weighted by Crippen LogP contribution is 2.33. The molecule has 0 fully saturated rings. The number of methoxy groups -OCH3 is 2. The summed E-state index contributed by atoms with van der Waals surface area (Å²) in [5.74, 6) is 1.06. The van der Waals surface area contributed by atoms with E-state index in [4.69, 9.17) is 14.6 Å². The van der Waals surface area contributed by atoms with Gasteiger partial charge in [-0.3, -0.25) is 4.79 Å². The number of hydrogen-bond donors (Lipinski definition) is 1. The minimum atomic E-state index is -0.152. The Kier molecular flexibility index (Phi) is 5.99. The summed E-state index contributed by atoms with van der Waals surface area (Å²) in [6.45, 7) is 4.02. The summed E-state index contributed by atoms with van der Waals surface area (Å²) in [4.78, 5) is 12.9. The summed E-state index contributed by atoms with van der Waals surface area (Å²) in [6.07, 6.45) is 2.61. The van der Waals surface area contributed by atoms with Gasteiger partial charge in [-0.2, -0.15) is 5.10 Å². The Balaban J connectivity index is 2.10. The van der Waals surface area contributed by atoms with Gasteiger partial charge in [-0.15, -0.1) is 0 Å². The number of benzene rings is 2. The lowest BCUT2D eigenvalue weighted by atomic mass is 10.1. The first-order chi connectivity index (χ1) is 13.6. The quantitative estimate of drug-likeness (QED) is 0.672. The highest BCUT2D eigenvalue weighted by Gasteiger charge is 2.21. The van der Waals surface area contributed by atoms with Crippen LogP contribution in [0.3, 0.4) is 0 Å². The predicted octanol–water partition coefficient (Wildman–Crippen LogP) is 4.08. The van der Waals surface area contributed by atoms with Gasteiger partial charge in [0.25, 0.3) is 5.91 Å². The van der Waals surface area contributed by atoms with Gasteiger partial charge in [-0.25, -0.2) is 4.68 Å². The van der Waals surface area contributed by atoms with Crippen LogP contribution in [0.15, 0.2) is 54.7 Å². The molecule has 0 saturated carbocycles. The van der Waals surface area contributed by atoms with Gasteiger partial charge >= 0.3 is 0 Å². The van der Waals surface area contributed by atoms with Gasteiger partial charge in [0, 0.05) is 17.8 Å². The van der Waals surface area contributed by atoms with Crippen molar-refractivity contribution in [3.05, 3.63) is 60.3 Å². The topological polar surface area (TPSA) is 65.4 Å². The number of para-hydroxylation sites is 1. The molecule has 6 nitrogen and oxygen atoms in total. The third kappa shape index (κ3) is 4.01. The summed E-state index contributed by atoms with van der Waals surface area (Å²) in [5.41, 5.74) is 2.76. The lowest BCUT2D eigenvalue weighted by molar-refractivity contribution is 0.0940. The minimum Gasteiger partial charge on any atom is -0.493 e. The third-order valence-electron chi connectivity index (χ3n) is 4.63. The number of nitrogens with zero attached hydrogens (tertiary/aromatic N) is 2. The number of amides is 1. The summed E-state index contributed by atoms with van der Waals surface area (Å²) in [7, 11) is 3.17. The number of nitrogens with one attached hydrogen (secondary N) is 1. The van der Waals surface area contributed by atoms with Gasteiger partial charge in [0.15, 0.2) is 11.5 Å². The Hall–Kier alpha value is -3.28. The minimum absolute atomic E-state index is 0.0748. The van der Waals surface area contributed by atoms with E-state index in [-0.39, 0.29) is 11.9 Å². The van der Waals surface area contributed by atoms with Crippen LogP contribution >= 0.6 is 0 Å². The van der Waals surface area contributed by atoms with Gasteiger partial charge in [0.2, 0.25) is 0 Å². The van der Waals surface area contributed by atoms with Gasteiger partial charge in [-0.1, -0.05) is 25.1 Å². The first-order valence-corrected chi connectivity index (χ1v) is 9.25. The second-order valence-electron chi connectivity index (χ2n) is 6.52. The number of hydrogen-bond acceptors (Lipinski definition) is 4. The molecular formula is C22H25N3O3. The zero-order valence-electron chi connectivity index (χ0n) is 16.6. The van der Waals surface area contributed by atoms with E-state index in [0.29, 0.717) is 22.8 Å². The Morgan fingerprint density at radius 3 is 2.46 bits per heavy atom. The Morgan fingerprint density at radius 1 is 1.11 bits per heavy atom. The molecule has 3 aromatic rings. The molecule has 0 aliphatic heterocycles. The van der Waals surface area contributed by atoms with Crippen molar-refractivity contribution in [2.45, 2.75) is 26.3 Å². The fraction of sp³-hybridized carbons (Fsp3) is 0.273. The molecule has 1 amide bonds. The van der Waals surface area contributed by atoms with E-state index in [2.05, 4.69) is 5.32 Å². The van der Waals surface area contributed by atoms with Crippen molar-refractivity contribution >= 4 is 5.91 Å². The molecule has 28 heavy (non-hydrogen) atoms. The van der Waals surface area contributed by atoms with Crippen LogP contribution in [0.4, 0.5) is 0 Å². The van der Waals surface area contributed by atoms with Crippen LogP contribution in [-0.4, -0.2) is 35.9 Å². The molecule has 6 heteroatoms. The third-order valence-corrected chi connectivity index (χ3v) is 4.63. The molecule has 2 aromatic carbocycles. The Morgan fingerprint density at radius 2 is 1.82 bits per heavy atom. The van der Waals surface area contributed by atoms with E-state index in [9.17, 15) is 4.79 Å². The molecule has 1 atom stereocenters. The molecule has 1 aromatic heterocycles. The number of carbonyl (C=O) groups is 1. The monoisotopic (exact) mass is 379 g/mol.